The smallest absolute Gasteiger partial charge is 0.241 e. The van der Waals surface area contributed by atoms with Crippen molar-refractivity contribution in [2.75, 3.05) is 11.5 Å². The second kappa shape index (κ2) is 6.79. The van der Waals surface area contributed by atoms with Crippen LogP contribution < -0.4 is 10.5 Å². The SMILES string of the molecule is Cc1c(Br)cc(CN)cc1S(=O)(=O)NC1CCSCC1. The molecule has 1 saturated heterocycles. The molecule has 2 rings (SSSR count). The molecule has 0 amide bonds. The van der Waals surface area contributed by atoms with E-state index in [0.717, 1.165) is 39.9 Å². The molecule has 0 spiro atoms. The minimum atomic E-state index is -3.49. The van der Waals surface area contributed by atoms with Gasteiger partial charge >= 0.3 is 0 Å². The Hall–Kier alpha value is -0.0800. The van der Waals surface area contributed by atoms with E-state index >= 15 is 0 Å². The molecule has 0 radical (unpaired) electrons. The molecule has 1 fully saturated rings. The zero-order valence-corrected chi connectivity index (χ0v) is 14.6. The maximum atomic E-state index is 12.6. The highest BCUT2D eigenvalue weighted by molar-refractivity contribution is 9.10. The number of sulfonamides is 1. The molecule has 0 aliphatic carbocycles. The van der Waals surface area contributed by atoms with Crippen molar-refractivity contribution < 1.29 is 8.42 Å². The Morgan fingerprint density at radius 1 is 1.40 bits per heavy atom. The number of hydrogen-bond donors (Lipinski definition) is 2. The van der Waals surface area contributed by atoms with Crippen LogP contribution in [0.3, 0.4) is 0 Å². The summed E-state index contributed by atoms with van der Waals surface area (Å²) in [4.78, 5) is 0.325. The maximum Gasteiger partial charge on any atom is 0.241 e. The van der Waals surface area contributed by atoms with Crippen molar-refractivity contribution in [1.29, 1.82) is 0 Å². The minimum absolute atomic E-state index is 0.0426. The molecule has 1 aliphatic heterocycles. The van der Waals surface area contributed by atoms with Gasteiger partial charge in [-0.1, -0.05) is 15.9 Å². The largest absolute Gasteiger partial charge is 0.326 e. The van der Waals surface area contributed by atoms with E-state index in [1.807, 2.05) is 17.8 Å². The van der Waals surface area contributed by atoms with E-state index in [1.54, 1.807) is 13.0 Å². The van der Waals surface area contributed by atoms with E-state index in [1.165, 1.54) is 0 Å². The fourth-order valence-electron chi connectivity index (χ4n) is 2.20. The van der Waals surface area contributed by atoms with Gasteiger partial charge in [-0.3, -0.25) is 0 Å². The molecule has 20 heavy (non-hydrogen) atoms. The van der Waals surface area contributed by atoms with Gasteiger partial charge in [0.2, 0.25) is 10.0 Å². The van der Waals surface area contributed by atoms with Gasteiger partial charge < -0.3 is 5.73 Å². The van der Waals surface area contributed by atoms with E-state index in [2.05, 4.69) is 20.7 Å². The summed E-state index contributed by atoms with van der Waals surface area (Å²) in [6, 6.07) is 3.58. The number of nitrogens with two attached hydrogens (primary N) is 1. The van der Waals surface area contributed by atoms with E-state index in [9.17, 15) is 8.42 Å². The highest BCUT2D eigenvalue weighted by Gasteiger charge is 2.24. The summed E-state index contributed by atoms with van der Waals surface area (Å²) in [7, 11) is -3.49. The molecule has 0 aromatic heterocycles. The first-order valence-corrected chi connectivity index (χ1v) is 9.96. The first-order valence-electron chi connectivity index (χ1n) is 6.53. The average molecular weight is 379 g/mol. The second-order valence-electron chi connectivity index (χ2n) is 4.91. The Labute approximate surface area is 133 Å². The summed E-state index contributed by atoms with van der Waals surface area (Å²) in [5.41, 5.74) is 7.16. The highest BCUT2D eigenvalue weighted by atomic mass is 79.9. The average Bonchev–Trinajstić information content (AvgIpc) is 2.42. The molecule has 1 heterocycles. The fraction of sp³-hybridized carbons (Fsp3) is 0.538. The molecule has 1 aromatic rings. The number of halogens is 1. The van der Waals surface area contributed by atoms with Gasteiger partial charge in [0.1, 0.15) is 0 Å². The third-order valence-corrected chi connectivity index (χ3v) is 6.94. The van der Waals surface area contributed by atoms with Crippen molar-refractivity contribution in [3.63, 3.8) is 0 Å². The van der Waals surface area contributed by atoms with Crippen LogP contribution in [0.4, 0.5) is 0 Å². The topological polar surface area (TPSA) is 72.2 Å². The van der Waals surface area contributed by atoms with Crippen LogP contribution in [-0.2, 0) is 16.6 Å². The lowest BCUT2D eigenvalue weighted by atomic mass is 10.1. The van der Waals surface area contributed by atoms with Gasteiger partial charge in [0.25, 0.3) is 0 Å². The molecular weight excluding hydrogens is 360 g/mol. The van der Waals surface area contributed by atoms with Crippen LogP contribution in [-0.4, -0.2) is 26.0 Å². The summed E-state index contributed by atoms with van der Waals surface area (Å²) >= 11 is 5.28. The molecule has 0 bridgehead atoms. The van der Waals surface area contributed by atoms with Crippen molar-refractivity contribution in [2.24, 2.45) is 5.73 Å². The van der Waals surface area contributed by atoms with Gasteiger partial charge in [-0.25, -0.2) is 13.1 Å². The molecule has 7 heteroatoms. The lowest BCUT2D eigenvalue weighted by Crippen LogP contribution is -2.37. The minimum Gasteiger partial charge on any atom is -0.326 e. The molecule has 1 aliphatic rings. The van der Waals surface area contributed by atoms with Crippen LogP contribution in [0.25, 0.3) is 0 Å². The monoisotopic (exact) mass is 378 g/mol. The summed E-state index contributed by atoms with van der Waals surface area (Å²) in [6.45, 7) is 2.12. The zero-order valence-electron chi connectivity index (χ0n) is 11.4. The van der Waals surface area contributed by atoms with Gasteiger partial charge in [-0.15, -0.1) is 0 Å². The number of hydrogen-bond acceptors (Lipinski definition) is 4. The number of thioether (sulfide) groups is 1. The summed E-state index contributed by atoms with van der Waals surface area (Å²) in [6.07, 6.45) is 1.78. The van der Waals surface area contributed by atoms with Gasteiger partial charge in [-0.05, 0) is 54.5 Å². The Morgan fingerprint density at radius 2 is 2.05 bits per heavy atom. The Balaban J connectivity index is 2.30. The molecular formula is C13H19BrN2O2S2. The number of benzene rings is 1. The fourth-order valence-corrected chi connectivity index (χ4v) is 5.57. The molecule has 0 atom stereocenters. The van der Waals surface area contributed by atoms with Gasteiger partial charge in [-0.2, -0.15) is 11.8 Å². The van der Waals surface area contributed by atoms with Gasteiger partial charge in [0, 0.05) is 17.1 Å². The van der Waals surface area contributed by atoms with Crippen molar-refractivity contribution in [3.8, 4) is 0 Å². The quantitative estimate of drug-likeness (QED) is 0.843. The molecule has 0 unspecified atom stereocenters. The first kappa shape index (κ1) is 16.3. The Kier molecular flexibility index (Phi) is 5.53. The van der Waals surface area contributed by atoms with E-state index in [-0.39, 0.29) is 6.04 Å². The van der Waals surface area contributed by atoms with E-state index < -0.39 is 10.0 Å². The third kappa shape index (κ3) is 3.76. The van der Waals surface area contributed by atoms with Gasteiger partial charge in [0.05, 0.1) is 4.90 Å². The lowest BCUT2D eigenvalue weighted by molar-refractivity contribution is 0.528. The molecule has 4 nitrogen and oxygen atoms in total. The molecule has 3 N–H and O–H groups in total. The number of nitrogens with one attached hydrogen (secondary N) is 1. The third-order valence-electron chi connectivity index (χ3n) is 3.42. The normalized spacial score (nSPS) is 17.4. The van der Waals surface area contributed by atoms with Crippen LogP contribution in [0.1, 0.15) is 24.0 Å². The predicted molar refractivity (Wildman–Crippen MR) is 87.4 cm³/mol. The first-order chi connectivity index (χ1) is 9.44. The van der Waals surface area contributed by atoms with Gasteiger partial charge in [0.15, 0.2) is 0 Å². The van der Waals surface area contributed by atoms with Crippen LogP contribution in [0, 0.1) is 6.92 Å². The maximum absolute atomic E-state index is 12.6. The Bertz CT molecular complexity index is 584. The number of rotatable bonds is 4. The van der Waals surface area contributed by atoms with Crippen molar-refractivity contribution in [2.45, 2.75) is 37.2 Å². The van der Waals surface area contributed by atoms with Crippen molar-refractivity contribution in [3.05, 3.63) is 27.7 Å². The zero-order chi connectivity index (χ0) is 14.8. The highest BCUT2D eigenvalue weighted by Crippen LogP contribution is 2.27. The lowest BCUT2D eigenvalue weighted by Gasteiger charge is -2.23. The van der Waals surface area contributed by atoms with E-state index in [4.69, 9.17) is 5.73 Å². The summed E-state index contributed by atoms with van der Waals surface area (Å²) in [5.74, 6) is 2.03. The van der Waals surface area contributed by atoms with E-state index in [0.29, 0.717) is 11.4 Å². The predicted octanol–water partition coefficient (Wildman–Crippen LogP) is 2.39. The van der Waals surface area contributed by atoms with Crippen LogP contribution >= 0.6 is 27.7 Å². The summed E-state index contributed by atoms with van der Waals surface area (Å²) < 4.78 is 28.7. The van der Waals surface area contributed by atoms with Crippen LogP contribution in [0.15, 0.2) is 21.5 Å². The summed E-state index contributed by atoms with van der Waals surface area (Å²) in [5, 5.41) is 0. The molecule has 0 saturated carbocycles. The van der Waals surface area contributed by atoms with Crippen LogP contribution in [0.5, 0.6) is 0 Å². The van der Waals surface area contributed by atoms with Crippen LogP contribution in [0.2, 0.25) is 0 Å². The standard InChI is InChI=1S/C13H19BrN2O2S2/c1-9-12(14)6-10(8-15)7-13(9)20(17,18)16-11-2-4-19-5-3-11/h6-7,11,16H,2-5,8,15H2,1H3. The Morgan fingerprint density at radius 3 is 2.65 bits per heavy atom. The van der Waals surface area contributed by atoms with Crippen molar-refractivity contribution in [1.82, 2.24) is 4.72 Å². The second-order valence-corrected chi connectivity index (χ2v) is 8.67. The molecule has 1 aromatic carbocycles. The van der Waals surface area contributed by atoms with Crippen molar-refractivity contribution >= 4 is 37.7 Å². The molecule has 112 valence electrons.